The van der Waals surface area contributed by atoms with Gasteiger partial charge in [0.25, 0.3) is 0 Å². The first kappa shape index (κ1) is 18.3. The summed E-state index contributed by atoms with van der Waals surface area (Å²) < 4.78 is 1.78. The predicted molar refractivity (Wildman–Crippen MR) is 113 cm³/mol. The van der Waals surface area contributed by atoms with E-state index >= 15 is 0 Å². The first-order chi connectivity index (χ1) is 13.7. The van der Waals surface area contributed by atoms with E-state index in [0.29, 0.717) is 23.8 Å². The Balaban J connectivity index is 1.32. The third-order valence-electron chi connectivity index (χ3n) is 4.75. The van der Waals surface area contributed by atoms with Crippen LogP contribution in [0.4, 0.5) is 5.82 Å². The van der Waals surface area contributed by atoms with Gasteiger partial charge in [-0.25, -0.2) is 4.68 Å². The first-order valence-electron chi connectivity index (χ1n) is 9.30. The number of halogens is 1. The van der Waals surface area contributed by atoms with Crippen LogP contribution >= 0.6 is 11.6 Å². The summed E-state index contributed by atoms with van der Waals surface area (Å²) in [7, 11) is 0. The highest BCUT2D eigenvalue weighted by Gasteiger charge is 2.09. The van der Waals surface area contributed by atoms with Gasteiger partial charge in [0.2, 0.25) is 5.91 Å². The topological polar surface area (TPSA) is 62.7 Å². The van der Waals surface area contributed by atoms with E-state index in [1.165, 1.54) is 10.9 Å². The van der Waals surface area contributed by atoms with E-state index < -0.39 is 0 Å². The van der Waals surface area contributed by atoms with Gasteiger partial charge in [-0.3, -0.25) is 4.79 Å². The molecule has 6 heteroatoms. The summed E-state index contributed by atoms with van der Waals surface area (Å²) in [6, 6.07) is 17.6. The molecule has 1 amide bonds. The van der Waals surface area contributed by atoms with Crippen LogP contribution in [0.2, 0.25) is 5.02 Å². The summed E-state index contributed by atoms with van der Waals surface area (Å²) in [5, 5.41) is 9.20. The van der Waals surface area contributed by atoms with Crippen molar-refractivity contribution >= 4 is 34.2 Å². The minimum Gasteiger partial charge on any atom is -0.361 e. The third kappa shape index (κ3) is 4.26. The maximum Gasteiger partial charge on any atom is 0.225 e. The lowest BCUT2D eigenvalue weighted by atomic mass is 10.1. The van der Waals surface area contributed by atoms with Crippen LogP contribution in [0.15, 0.2) is 67.0 Å². The number of carbonyl (C=O) groups excluding carboxylic acids is 1. The van der Waals surface area contributed by atoms with Gasteiger partial charge in [-0.15, -0.1) is 0 Å². The normalized spacial score (nSPS) is 11.0. The molecule has 2 N–H and O–H groups in total. The van der Waals surface area contributed by atoms with Crippen molar-refractivity contribution < 1.29 is 4.79 Å². The number of aromatic amines is 1. The van der Waals surface area contributed by atoms with Gasteiger partial charge in [0, 0.05) is 34.6 Å². The Morgan fingerprint density at radius 3 is 2.79 bits per heavy atom. The highest BCUT2D eigenvalue weighted by Crippen LogP contribution is 2.20. The number of nitrogens with zero attached hydrogens (tertiary/aromatic N) is 2. The number of carbonyl (C=O) groups is 1. The van der Waals surface area contributed by atoms with Crippen molar-refractivity contribution in [2.45, 2.75) is 25.8 Å². The number of aryl methyl sites for hydroxylation is 1. The number of rotatable bonds is 7. The van der Waals surface area contributed by atoms with Crippen LogP contribution in [-0.2, 0) is 17.8 Å². The smallest absolute Gasteiger partial charge is 0.225 e. The number of nitrogens with one attached hydrogen (secondary N) is 2. The number of benzene rings is 2. The molecule has 5 nitrogen and oxygen atoms in total. The fourth-order valence-electron chi connectivity index (χ4n) is 3.31. The fourth-order valence-corrected chi connectivity index (χ4v) is 3.44. The van der Waals surface area contributed by atoms with Gasteiger partial charge in [0.05, 0.1) is 12.7 Å². The molecule has 0 saturated carbocycles. The average molecular weight is 393 g/mol. The molecule has 28 heavy (non-hydrogen) atoms. The Labute approximate surface area is 168 Å². The van der Waals surface area contributed by atoms with Crippen LogP contribution in [0.5, 0.6) is 0 Å². The molecule has 0 aliphatic heterocycles. The summed E-state index contributed by atoms with van der Waals surface area (Å²) in [6.45, 7) is 0.578. The molecule has 4 rings (SSSR count). The van der Waals surface area contributed by atoms with Crippen molar-refractivity contribution in [3.8, 4) is 0 Å². The predicted octanol–water partition coefficient (Wildman–Crippen LogP) is 5.03. The second-order valence-electron chi connectivity index (χ2n) is 6.76. The molecule has 0 atom stereocenters. The number of aromatic nitrogens is 3. The molecule has 2 aromatic heterocycles. The Hall–Kier alpha value is -3.05. The zero-order chi connectivity index (χ0) is 19.3. The lowest BCUT2D eigenvalue weighted by molar-refractivity contribution is -0.116. The lowest BCUT2D eigenvalue weighted by Crippen LogP contribution is -2.16. The molecule has 0 aliphatic carbocycles. The number of anilines is 1. The lowest BCUT2D eigenvalue weighted by Gasteiger charge is -2.09. The number of amides is 1. The highest BCUT2D eigenvalue weighted by atomic mass is 35.5. The van der Waals surface area contributed by atoms with Crippen LogP contribution in [0.3, 0.4) is 0 Å². The summed E-state index contributed by atoms with van der Waals surface area (Å²) in [4.78, 5) is 15.7. The van der Waals surface area contributed by atoms with E-state index in [2.05, 4.69) is 27.5 Å². The molecular weight excluding hydrogens is 372 g/mol. The molecule has 0 fully saturated rings. The van der Waals surface area contributed by atoms with Crippen LogP contribution in [0, 0.1) is 0 Å². The molecule has 0 aliphatic rings. The molecular formula is C22H21ClN4O. The van der Waals surface area contributed by atoms with Gasteiger partial charge < -0.3 is 10.3 Å². The molecule has 0 radical (unpaired) electrons. The molecule has 4 aromatic rings. The SMILES string of the molecule is O=C(CCCc1c[nH]c2ccccc12)Nc1ccnn1Cc1ccc(Cl)cc1. The maximum absolute atomic E-state index is 12.4. The Bertz CT molecular complexity index is 1080. The van der Waals surface area contributed by atoms with Gasteiger partial charge in [-0.05, 0) is 42.2 Å². The van der Waals surface area contributed by atoms with Crippen molar-refractivity contribution in [1.82, 2.24) is 14.8 Å². The summed E-state index contributed by atoms with van der Waals surface area (Å²) in [5.74, 6) is 0.699. The quantitative estimate of drug-likeness (QED) is 0.463. The van der Waals surface area contributed by atoms with Crippen LogP contribution in [0.25, 0.3) is 10.9 Å². The fraction of sp³-hybridized carbons (Fsp3) is 0.182. The number of fused-ring (bicyclic) bond motifs is 1. The van der Waals surface area contributed by atoms with Gasteiger partial charge in [-0.2, -0.15) is 5.10 Å². The van der Waals surface area contributed by atoms with E-state index in [0.717, 1.165) is 23.9 Å². The van der Waals surface area contributed by atoms with Crippen LogP contribution < -0.4 is 5.32 Å². The first-order valence-corrected chi connectivity index (χ1v) is 9.68. The maximum atomic E-state index is 12.4. The zero-order valence-electron chi connectivity index (χ0n) is 15.4. The van der Waals surface area contributed by atoms with Crippen molar-refractivity contribution in [2.75, 3.05) is 5.32 Å². The van der Waals surface area contributed by atoms with E-state index in [9.17, 15) is 4.79 Å². The Kier molecular flexibility index (Phi) is 5.44. The van der Waals surface area contributed by atoms with Crippen molar-refractivity contribution in [1.29, 1.82) is 0 Å². The Morgan fingerprint density at radius 2 is 1.93 bits per heavy atom. The average Bonchev–Trinajstić information content (AvgIpc) is 3.31. The molecule has 2 aromatic carbocycles. The minimum atomic E-state index is -0.00213. The van der Waals surface area contributed by atoms with Gasteiger partial charge in [0.15, 0.2) is 0 Å². The second-order valence-corrected chi connectivity index (χ2v) is 7.20. The van der Waals surface area contributed by atoms with E-state index in [1.54, 1.807) is 10.9 Å². The number of para-hydroxylation sites is 1. The van der Waals surface area contributed by atoms with Crippen molar-refractivity contribution in [2.24, 2.45) is 0 Å². The van der Waals surface area contributed by atoms with Crippen LogP contribution in [0.1, 0.15) is 24.0 Å². The van der Waals surface area contributed by atoms with E-state index in [-0.39, 0.29) is 5.91 Å². The standard InChI is InChI=1S/C22H21ClN4O/c23-18-10-8-16(9-11-18)15-27-21(12-13-25-27)26-22(28)7-3-4-17-14-24-20-6-2-1-5-19(17)20/h1-2,5-6,8-14,24H,3-4,7,15H2,(H,26,28). The van der Waals surface area contributed by atoms with Gasteiger partial charge in [-0.1, -0.05) is 41.9 Å². The van der Waals surface area contributed by atoms with Crippen molar-refractivity contribution in [3.63, 3.8) is 0 Å². The molecule has 0 spiro atoms. The summed E-state index contributed by atoms with van der Waals surface area (Å²) >= 11 is 5.93. The van der Waals surface area contributed by atoms with Crippen molar-refractivity contribution in [3.05, 3.63) is 83.1 Å². The summed E-state index contributed by atoms with van der Waals surface area (Å²) in [6.07, 6.45) is 5.84. The zero-order valence-corrected chi connectivity index (χ0v) is 16.1. The Morgan fingerprint density at radius 1 is 1.11 bits per heavy atom. The molecule has 2 heterocycles. The minimum absolute atomic E-state index is 0.00213. The molecule has 0 unspecified atom stereocenters. The van der Waals surface area contributed by atoms with E-state index in [1.807, 2.05) is 48.7 Å². The number of hydrogen-bond donors (Lipinski definition) is 2. The number of H-pyrrole nitrogens is 1. The number of hydrogen-bond acceptors (Lipinski definition) is 2. The molecule has 0 saturated heterocycles. The monoisotopic (exact) mass is 392 g/mol. The van der Waals surface area contributed by atoms with E-state index in [4.69, 9.17) is 11.6 Å². The highest BCUT2D eigenvalue weighted by molar-refractivity contribution is 6.30. The largest absolute Gasteiger partial charge is 0.361 e. The molecule has 142 valence electrons. The summed E-state index contributed by atoms with van der Waals surface area (Å²) in [5.41, 5.74) is 3.45. The molecule has 0 bridgehead atoms. The second kappa shape index (κ2) is 8.31. The van der Waals surface area contributed by atoms with Gasteiger partial charge in [0.1, 0.15) is 5.82 Å². The van der Waals surface area contributed by atoms with Gasteiger partial charge >= 0.3 is 0 Å². The van der Waals surface area contributed by atoms with Crippen LogP contribution in [-0.4, -0.2) is 20.7 Å². The third-order valence-corrected chi connectivity index (χ3v) is 5.01.